The van der Waals surface area contributed by atoms with E-state index in [0.29, 0.717) is 24.2 Å². The molecule has 1 N–H and O–H groups in total. The molecule has 0 fully saturated rings. The van der Waals surface area contributed by atoms with Crippen LogP contribution in [-0.4, -0.2) is 21.5 Å². The normalized spacial score (nSPS) is 12.8. The molecule has 90 valence electrons. The first-order valence-corrected chi connectivity index (χ1v) is 5.96. The van der Waals surface area contributed by atoms with Crippen molar-refractivity contribution >= 4 is 17.4 Å². The van der Waals surface area contributed by atoms with Gasteiger partial charge in [0.05, 0.1) is 0 Å². The highest BCUT2D eigenvalue weighted by Crippen LogP contribution is 2.01. The lowest BCUT2D eigenvalue weighted by atomic mass is 10.2. The second kappa shape index (κ2) is 5.89. The molecule has 0 saturated heterocycles. The van der Waals surface area contributed by atoms with Crippen molar-refractivity contribution < 1.29 is 0 Å². The van der Waals surface area contributed by atoms with Crippen molar-refractivity contribution in [2.24, 2.45) is 5.92 Å². The van der Waals surface area contributed by atoms with Gasteiger partial charge in [-0.1, -0.05) is 13.8 Å². The zero-order chi connectivity index (χ0) is 12.1. The zero-order valence-electron chi connectivity index (χ0n) is 9.90. The van der Waals surface area contributed by atoms with Gasteiger partial charge in [0.25, 0.3) is 5.56 Å². The molecule has 0 aromatic carbocycles. The number of nitrogens with zero attached hydrogens (tertiary/aromatic N) is 2. The third-order valence-corrected chi connectivity index (χ3v) is 2.55. The van der Waals surface area contributed by atoms with E-state index < -0.39 is 0 Å². The van der Waals surface area contributed by atoms with E-state index in [0.717, 1.165) is 0 Å². The van der Waals surface area contributed by atoms with Crippen LogP contribution in [0.1, 0.15) is 20.8 Å². The molecule has 1 unspecified atom stereocenters. The highest BCUT2D eigenvalue weighted by Gasteiger charge is 2.08. The summed E-state index contributed by atoms with van der Waals surface area (Å²) in [4.78, 5) is 16.0. The van der Waals surface area contributed by atoms with Gasteiger partial charge in [-0.25, -0.2) is 4.98 Å². The predicted molar refractivity (Wildman–Crippen MR) is 67.1 cm³/mol. The summed E-state index contributed by atoms with van der Waals surface area (Å²) < 4.78 is 1.67. The van der Waals surface area contributed by atoms with Gasteiger partial charge in [-0.3, -0.25) is 4.79 Å². The minimum Gasteiger partial charge on any atom is -0.362 e. The Labute approximate surface area is 101 Å². The van der Waals surface area contributed by atoms with Crippen molar-refractivity contribution in [3.8, 4) is 0 Å². The first-order chi connectivity index (χ1) is 7.54. The number of rotatable bonds is 5. The summed E-state index contributed by atoms with van der Waals surface area (Å²) in [5.74, 6) is 1.25. The molecule has 5 heteroatoms. The Hall–Kier alpha value is -1.03. The van der Waals surface area contributed by atoms with Crippen LogP contribution in [0.4, 0.5) is 5.82 Å². The summed E-state index contributed by atoms with van der Waals surface area (Å²) in [5.41, 5.74) is -0.0897. The lowest BCUT2D eigenvalue weighted by Gasteiger charge is -2.13. The molecule has 0 saturated carbocycles. The fourth-order valence-corrected chi connectivity index (χ4v) is 1.43. The molecule has 4 nitrogen and oxygen atoms in total. The van der Waals surface area contributed by atoms with Gasteiger partial charge in [0.15, 0.2) is 5.82 Å². The maximum Gasteiger partial charge on any atom is 0.293 e. The summed E-state index contributed by atoms with van der Waals surface area (Å²) in [7, 11) is 0. The number of hydrogen-bond acceptors (Lipinski definition) is 3. The molecule has 1 aromatic rings. The molecule has 1 atom stereocenters. The molecule has 0 aliphatic carbocycles. The molecule has 1 aromatic heterocycles. The minimum atomic E-state index is -0.0897. The first kappa shape index (κ1) is 13.0. The lowest BCUT2D eigenvalue weighted by Crippen LogP contribution is -2.29. The molecule has 0 aliphatic rings. The van der Waals surface area contributed by atoms with Crippen LogP contribution in [0.3, 0.4) is 0 Å². The Morgan fingerprint density at radius 1 is 1.50 bits per heavy atom. The van der Waals surface area contributed by atoms with Crippen molar-refractivity contribution in [2.45, 2.75) is 33.4 Å². The van der Waals surface area contributed by atoms with Gasteiger partial charge in [-0.15, -0.1) is 11.6 Å². The summed E-state index contributed by atoms with van der Waals surface area (Å²) in [5, 5.41) is 3.00. The highest BCUT2D eigenvalue weighted by molar-refractivity contribution is 6.18. The summed E-state index contributed by atoms with van der Waals surface area (Å²) in [6.45, 7) is 6.75. The Morgan fingerprint density at radius 2 is 2.19 bits per heavy atom. The third-order valence-electron chi connectivity index (χ3n) is 2.09. The van der Waals surface area contributed by atoms with Crippen LogP contribution in [0.15, 0.2) is 17.2 Å². The average molecular weight is 244 g/mol. The maximum absolute atomic E-state index is 12.0. The van der Waals surface area contributed by atoms with E-state index in [1.807, 2.05) is 6.92 Å². The monoisotopic (exact) mass is 243 g/mol. The van der Waals surface area contributed by atoms with Crippen LogP contribution in [0.2, 0.25) is 0 Å². The van der Waals surface area contributed by atoms with E-state index in [2.05, 4.69) is 24.1 Å². The van der Waals surface area contributed by atoms with Crippen molar-refractivity contribution in [3.05, 3.63) is 22.7 Å². The predicted octanol–water partition coefficient (Wildman–Crippen LogP) is 1.94. The van der Waals surface area contributed by atoms with E-state index in [4.69, 9.17) is 11.6 Å². The van der Waals surface area contributed by atoms with Gasteiger partial charge < -0.3 is 9.88 Å². The number of anilines is 1. The molecule has 0 amide bonds. The van der Waals surface area contributed by atoms with Crippen LogP contribution in [0.25, 0.3) is 0 Å². The van der Waals surface area contributed by atoms with Gasteiger partial charge in [-0.2, -0.15) is 0 Å². The van der Waals surface area contributed by atoms with Gasteiger partial charge in [0, 0.05) is 30.9 Å². The van der Waals surface area contributed by atoms with Gasteiger partial charge in [0.2, 0.25) is 0 Å². The van der Waals surface area contributed by atoms with E-state index >= 15 is 0 Å². The molecule has 1 heterocycles. The van der Waals surface area contributed by atoms with Crippen LogP contribution in [0.5, 0.6) is 0 Å². The standard InChI is InChI=1S/C11H18ClN3O/c1-8(2)7-15-5-4-13-10(11(15)16)14-9(3)6-12/h4-5,8-9H,6-7H2,1-3H3,(H,13,14). The molecular formula is C11H18ClN3O. The number of nitrogens with one attached hydrogen (secondary N) is 1. The third kappa shape index (κ3) is 3.52. The average Bonchev–Trinajstić information content (AvgIpc) is 2.23. The SMILES string of the molecule is CC(C)Cn1ccnc(NC(C)CCl)c1=O. The fourth-order valence-electron chi connectivity index (χ4n) is 1.36. The topological polar surface area (TPSA) is 46.9 Å². The van der Waals surface area contributed by atoms with E-state index in [1.165, 1.54) is 0 Å². The van der Waals surface area contributed by atoms with Crippen molar-refractivity contribution in [1.29, 1.82) is 0 Å². The highest BCUT2D eigenvalue weighted by atomic mass is 35.5. The van der Waals surface area contributed by atoms with Gasteiger partial charge in [-0.05, 0) is 12.8 Å². The van der Waals surface area contributed by atoms with Crippen LogP contribution in [-0.2, 0) is 6.54 Å². The maximum atomic E-state index is 12.0. The van der Waals surface area contributed by atoms with Crippen molar-refractivity contribution in [2.75, 3.05) is 11.2 Å². The molecule has 16 heavy (non-hydrogen) atoms. The smallest absolute Gasteiger partial charge is 0.293 e. The van der Waals surface area contributed by atoms with E-state index in [9.17, 15) is 4.79 Å². The van der Waals surface area contributed by atoms with Crippen molar-refractivity contribution in [1.82, 2.24) is 9.55 Å². The molecule has 0 spiro atoms. The summed E-state index contributed by atoms with van der Waals surface area (Å²) >= 11 is 5.68. The number of hydrogen-bond donors (Lipinski definition) is 1. The number of aromatic nitrogens is 2. The Balaban J connectivity index is 2.91. The molecule has 1 rings (SSSR count). The summed E-state index contributed by atoms with van der Waals surface area (Å²) in [6, 6.07) is 0.0387. The second-order valence-electron chi connectivity index (χ2n) is 4.33. The summed E-state index contributed by atoms with van der Waals surface area (Å²) in [6.07, 6.45) is 3.34. The second-order valence-corrected chi connectivity index (χ2v) is 4.64. The Bertz CT molecular complexity index is 389. The number of alkyl halides is 1. The van der Waals surface area contributed by atoms with Crippen LogP contribution < -0.4 is 10.9 Å². The molecule has 0 radical (unpaired) electrons. The zero-order valence-corrected chi connectivity index (χ0v) is 10.7. The largest absolute Gasteiger partial charge is 0.362 e. The lowest BCUT2D eigenvalue weighted by molar-refractivity contribution is 0.509. The first-order valence-electron chi connectivity index (χ1n) is 5.42. The quantitative estimate of drug-likeness (QED) is 0.804. The molecular weight excluding hydrogens is 226 g/mol. The Morgan fingerprint density at radius 3 is 2.75 bits per heavy atom. The molecule has 0 aliphatic heterocycles. The molecule has 0 bridgehead atoms. The Kier molecular flexibility index (Phi) is 4.80. The van der Waals surface area contributed by atoms with E-state index in [-0.39, 0.29) is 11.6 Å². The van der Waals surface area contributed by atoms with Gasteiger partial charge in [0.1, 0.15) is 0 Å². The van der Waals surface area contributed by atoms with E-state index in [1.54, 1.807) is 17.0 Å². The van der Waals surface area contributed by atoms with Crippen molar-refractivity contribution in [3.63, 3.8) is 0 Å². The minimum absolute atomic E-state index is 0.0387. The van der Waals surface area contributed by atoms with Gasteiger partial charge >= 0.3 is 0 Å². The van der Waals surface area contributed by atoms with Crippen LogP contribution >= 0.6 is 11.6 Å². The fraction of sp³-hybridized carbons (Fsp3) is 0.636. The van der Waals surface area contributed by atoms with Crippen LogP contribution in [0, 0.1) is 5.92 Å². The number of halogens is 1.